The van der Waals surface area contributed by atoms with Crippen molar-refractivity contribution in [3.8, 4) is 0 Å². The third kappa shape index (κ3) is 1.79. The summed E-state index contributed by atoms with van der Waals surface area (Å²) >= 11 is 0. The summed E-state index contributed by atoms with van der Waals surface area (Å²) in [6.07, 6.45) is 7.02. The molecule has 2 rings (SSSR count). The third-order valence-electron chi connectivity index (χ3n) is 3.97. The van der Waals surface area contributed by atoms with E-state index >= 15 is 0 Å². The smallest absolute Gasteiger partial charge is 0.184 e. The van der Waals surface area contributed by atoms with Gasteiger partial charge in [0.1, 0.15) is 0 Å². The molecule has 3 atom stereocenters. The number of hydrogen-bond donors (Lipinski definition) is 0. The first-order valence-corrected chi connectivity index (χ1v) is 9.57. The number of hydrogen-bond acceptors (Lipinski definition) is 1. The summed E-state index contributed by atoms with van der Waals surface area (Å²) in [5, 5.41) is 0. The molecule has 0 unspecified atom stereocenters. The predicted molar refractivity (Wildman–Crippen MR) is 62.9 cm³/mol. The van der Waals surface area contributed by atoms with E-state index in [4.69, 9.17) is 4.43 Å². The lowest BCUT2D eigenvalue weighted by molar-refractivity contribution is 0.131. The van der Waals surface area contributed by atoms with Gasteiger partial charge in [-0.25, -0.2) is 0 Å². The highest BCUT2D eigenvalue weighted by atomic mass is 28.4. The molecule has 0 saturated heterocycles. The minimum atomic E-state index is -1.34. The molecule has 0 aromatic heterocycles. The molecule has 82 valence electrons. The first kappa shape index (κ1) is 10.7. The highest BCUT2D eigenvalue weighted by Gasteiger charge is 2.63. The first-order chi connectivity index (χ1) is 6.46. The van der Waals surface area contributed by atoms with Crippen molar-refractivity contribution < 1.29 is 4.43 Å². The second-order valence-corrected chi connectivity index (χ2v) is 10.6. The van der Waals surface area contributed by atoms with Gasteiger partial charge in [0, 0.05) is 0 Å². The van der Waals surface area contributed by atoms with Crippen molar-refractivity contribution in [1.29, 1.82) is 0 Å². The molecule has 2 aliphatic rings. The fraction of sp³-hybridized carbons (Fsp3) is 1.00. The Kier molecular flexibility index (Phi) is 2.55. The fourth-order valence-electron chi connectivity index (χ4n) is 3.33. The Morgan fingerprint density at radius 2 is 1.86 bits per heavy atom. The van der Waals surface area contributed by atoms with E-state index < -0.39 is 8.32 Å². The number of fused-ring (bicyclic) bond motifs is 1. The van der Waals surface area contributed by atoms with Gasteiger partial charge in [-0.3, -0.25) is 0 Å². The molecule has 0 N–H and O–H groups in total. The zero-order valence-electron chi connectivity index (χ0n) is 10.1. The zero-order valence-corrected chi connectivity index (χ0v) is 11.1. The standard InChI is InChI=1S/C12H24OSi/c1-10-11-8-6-5-7-9-12(10,11)13-14(2,3)4/h10-11H,5-9H2,1-4H3/t10-,11-,12-/m1/s1. The van der Waals surface area contributed by atoms with Crippen LogP contribution in [-0.4, -0.2) is 13.9 Å². The first-order valence-electron chi connectivity index (χ1n) is 6.16. The van der Waals surface area contributed by atoms with E-state index in [-0.39, 0.29) is 0 Å². The summed E-state index contributed by atoms with van der Waals surface area (Å²) in [6, 6.07) is 0. The van der Waals surface area contributed by atoms with Gasteiger partial charge >= 0.3 is 0 Å². The van der Waals surface area contributed by atoms with Gasteiger partial charge in [0.25, 0.3) is 0 Å². The van der Waals surface area contributed by atoms with Gasteiger partial charge in [0.05, 0.1) is 5.60 Å². The minimum Gasteiger partial charge on any atom is -0.412 e. The van der Waals surface area contributed by atoms with E-state index in [0.717, 1.165) is 11.8 Å². The van der Waals surface area contributed by atoms with Crippen molar-refractivity contribution in [2.45, 2.75) is 64.3 Å². The van der Waals surface area contributed by atoms with E-state index in [0.29, 0.717) is 5.60 Å². The molecule has 0 bridgehead atoms. The molecule has 0 aromatic rings. The van der Waals surface area contributed by atoms with Crippen LogP contribution in [0, 0.1) is 11.8 Å². The molecule has 0 aromatic carbocycles. The average molecular weight is 212 g/mol. The summed E-state index contributed by atoms with van der Waals surface area (Å²) in [7, 11) is -1.34. The average Bonchev–Trinajstić information content (AvgIpc) is 2.62. The lowest BCUT2D eigenvalue weighted by Crippen LogP contribution is -2.35. The molecule has 2 saturated carbocycles. The maximum atomic E-state index is 6.47. The minimum absolute atomic E-state index is 0.334. The molecule has 2 heteroatoms. The van der Waals surface area contributed by atoms with Gasteiger partial charge in [-0.2, -0.15) is 0 Å². The summed E-state index contributed by atoms with van der Waals surface area (Å²) in [4.78, 5) is 0. The maximum absolute atomic E-state index is 6.47. The van der Waals surface area contributed by atoms with Crippen LogP contribution >= 0.6 is 0 Å². The Morgan fingerprint density at radius 1 is 1.14 bits per heavy atom. The van der Waals surface area contributed by atoms with Gasteiger partial charge in [0.2, 0.25) is 0 Å². The molecule has 0 spiro atoms. The van der Waals surface area contributed by atoms with Crippen molar-refractivity contribution in [2.75, 3.05) is 0 Å². The highest BCUT2D eigenvalue weighted by Crippen LogP contribution is 2.60. The second-order valence-electron chi connectivity index (χ2n) is 6.16. The maximum Gasteiger partial charge on any atom is 0.184 e. The molecule has 0 amide bonds. The quantitative estimate of drug-likeness (QED) is 0.633. The van der Waals surface area contributed by atoms with Crippen LogP contribution in [0.2, 0.25) is 19.6 Å². The van der Waals surface area contributed by atoms with E-state index in [1.165, 1.54) is 32.1 Å². The molecular weight excluding hydrogens is 188 g/mol. The van der Waals surface area contributed by atoms with Crippen molar-refractivity contribution in [1.82, 2.24) is 0 Å². The van der Waals surface area contributed by atoms with Crippen LogP contribution in [0.3, 0.4) is 0 Å². The Balaban J connectivity index is 2.06. The van der Waals surface area contributed by atoms with E-state index in [1.54, 1.807) is 0 Å². The third-order valence-corrected chi connectivity index (χ3v) is 4.96. The Hall–Kier alpha value is 0.177. The zero-order chi connectivity index (χ0) is 10.4. The van der Waals surface area contributed by atoms with Gasteiger partial charge in [-0.1, -0.05) is 26.2 Å². The van der Waals surface area contributed by atoms with Gasteiger partial charge in [-0.05, 0) is 44.3 Å². The predicted octanol–water partition coefficient (Wildman–Crippen LogP) is 3.81. The van der Waals surface area contributed by atoms with Gasteiger partial charge in [0.15, 0.2) is 8.32 Å². The molecule has 2 aliphatic carbocycles. The fourth-order valence-corrected chi connectivity index (χ4v) is 4.91. The van der Waals surface area contributed by atoms with Crippen LogP contribution < -0.4 is 0 Å². The molecule has 0 heterocycles. The van der Waals surface area contributed by atoms with Gasteiger partial charge in [-0.15, -0.1) is 0 Å². The van der Waals surface area contributed by atoms with Crippen molar-refractivity contribution >= 4 is 8.32 Å². The molecule has 1 nitrogen and oxygen atoms in total. The Labute approximate surface area is 89.4 Å². The topological polar surface area (TPSA) is 9.23 Å². The lowest BCUT2D eigenvalue weighted by atomic mass is 10.1. The summed E-state index contributed by atoms with van der Waals surface area (Å²) in [6.45, 7) is 9.38. The summed E-state index contributed by atoms with van der Waals surface area (Å²) in [5.74, 6) is 1.74. The largest absolute Gasteiger partial charge is 0.412 e. The lowest BCUT2D eigenvalue weighted by Gasteiger charge is -2.27. The Bertz CT molecular complexity index is 221. The van der Waals surface area contributed by atoms with Crippen molar-refractivity contribution in [2.24, 2.45) is 11.8 Å². The van der Waals surface area contributed by atoms with E-state index in [1.807, 2.05) is 0 Å². The van der Waals surface area contributed by atoms with Crippen LogP contribution in [0.4, 0.5) is 0 Å². The molecular formula is C12H24OSi. The SMILES string of the molecule is C[C@@H]1[C@H]2CCCCC[C@@]12O[Si](C)(C)C. The summed E-state index contributed by atoms with van der Waals surface area (Å²) in [5.41, 5.74) is 0.334. The van der Waals surface area contributed by atoms with Crippen LogP contribution in [0.1, 0.15) is 39.0 Å². The van der Waals surface area contributed by atoms with Crippen LogP contribution in [0.5, 0.6) is 0 Å². The summed E-state index contributed by atoms with van der Waals surface area (Å²) < 4.78 is 6.47. The normalized spacial score (nSPS) is 42.9. The second kappa shape index (κ2) is 3.34. The highest BCUT2D eigenvalue weighted by molar-refractivity contribution is 6.69. The van der Waals surface area contributed by atoms with Crippen molar-refractivity contribution in [3.63, 3.8) is 0 Å². The molecule has 0 radical (unpaired) electrons. The molecule has 0 aliphatic heterocycles. The van der Waals surface area contributed by atoms with Crippen molar-refractivity contribution in [3.05, 3.63) is 0 Å². The van der Waals surface area contributed by atoms with Crippen LogP contribution in [0.25, 0.3) is 0 Å². The molecule has 2 fully saturated rings. The van der Waals surface area contributed by atoms with Crippen LogP contribution in [0.15, 0.2) is 0 Å². The van der Waals surface area contributed by atoms with E-state index in [9.17, 15) is 0 Å². The Morgan fingerprint density at radius 3 is 2.50 bits per heavy atom. The van der Waals surface area contributed by atoms with Gasteiger partial charge < -0.3 is 4.43 Å². The van der Waals surface area contributed by atoms with E-state index in [2.05, 4.69) is 26.6 Å². The molecule has 14 heavy (non-hydrogen) atoms. The van der Waals surface area contributed by atoms with Crippen LogP contribution in [-0.2, 0) is 4.43 Å². The number of rotatable bonds is 2. The monoisotopic (exact) mass is 212 g/mol.